The fourth-order valence-electron chi connectivity index (χ4n) is 6.14. The predicted molar refractivity (Wildman–Crippen MR) is 176 cm³/mol. The lowest BCUT2D eigenvalue weighted by Crippen LogP contribution is -2.42. The quantitative estimate of drug-likeness (QED) is 0.248. The van der Waals surface area contributed by atoms with Crippen molar-refractivity contribution in [2.45, 2.75) is 49.1 Å². The van der Waals surface area contributed by atoms with Crippen LogP contribution in [0.2, 0.25) is 0 Å². The molecular formula is C33H39ClN8O2. The van der Waals surface area contributed by atoms with Crippen LogP contribution in [0.5, 0.6) is 0 Å². The van der Waals surface area contributed by atoms with E-state index in [0.29, 0.717) is 36.3 Å². The molecule has 230 valence electrons. The highest BCUT2D eigenvalue weighted by atomic mass is 35.5. The molecule has 6 rings (SSSR count). The molecule has 1 aromatic carbocycles. The lowest BCUT2D eigenvalue weighted by Gasteiger charge is -2.31. The molecule has 0 bridgehead atoms. The third-order valence-corrected chi connectivity index (χ3v) is 9.19. The Kier molecular flexibility index (Phi) is 8.55. The van der Waals surface area contributed by atoms with Crippen LogP contribution in [-0.4, -0.2) is 82.1 Å². The van der Waals surface area contributed by atoms with E-state index in [1.165, 1.54) is 12.3 Å². The van der Waals surface area contributed by atoms with Gasteiger partial charge in [0, 0.05) is 54.9 Å². The molecule has 2 saturated carbocycles. The molecule has 3 heterocycles. The number of aliphatic imine (C=N–C) groups is 2. The van der Waals surface area contributed by atoms with E-state index in [0.717, 1.165) is 54.3 Å². The zero-order valence-corrected chi connectivity index (χ0v) is 26.1. The zero-order valence-electron chi connectivity index (χ0n) is 25.4. The first-order valence-electron chi connectivity index (χ1n) is 15.2. The second-order valence-electron chi connectivity index (χ2n) is 12.3. The van der Waals surface area contributed by atoms with Gasteiger partial charge in [0.1, 0.15) is 10.6 Å². The average Bonchev–Trinajstić information content (AvgIpc) is 3.54. The number of aromatic nitrogens is 2. The van der Waals surface area contributed by atoms with Gasteiger partial charge in [0.25, 0.3) is 5.91 Å². The van der Waals surface area contributed by atoms with Crippen molar-refractivity contribution < 1.29 is 9.59 Å². The number of hydrogen-bond acceptors (Lipinski definition) is 7. The Labute approximate surface area is 262 Å². The van der Waals surface area contributed by atoms with Crippen LogP contribution in [0.1, 0.15) is 48.2 Å². The van der Waals surface area contributed by atoms with Gasteiger partial charge in [0.2, 0.25) is 11.9 Å². The standard InChI is InChI=1S/C33H39ClN8O2/c1-41(2)15-6-11-29(43)37-23-12-13-26(35-20-23)31(44)36-19-21-7-4-8-22(17-21)38-32-39-28-18-33(28,34)30(40-32)25-9-5-10-27-24(25)14-16-42(27)3/h5-6,9-14,16,20-22,28H,4,7-8,15,17-19H2,1-3H3,(H,36,44)(H,37,43)(H,38,39)/b11-6+/t21?,22-,28?,33?/m1/s1. The number of carbonyl (C=O) groups excluding carboxylic acids is 2. The van der Waals surface area contributed by atoms with Crippen molar-refractivity contribution in [1.29, 1.82) is 0 Å². The first-order chi connectivity index (χ1) is 21.2. The van der Waals surface area contributed by atoms with Crippen molar-refractivity contribution in [2.75, 3.05) is 32.5 Å². The molecule has 3 N–H and O–H groups in total. The number of guanidine groups is 1. The van der Waals surface area contributed by atoms with Gasteiger partial charge in [-0.15, -0.1) is 11.6 Å². The fraction of sp³-hybridized carbons (Fsp3) is 0.424. The molecule has 2 amide bonds. The van der Waals surface area contributed by atoms with Crippen LogP contribution in [0, 0.1) is 5.92 Å². The summed E-state index contributed by atoms with van der Waals surface area (Å²) in [6.45, 7) is 1.24. The number of anilines is 1. The molecule has 2 aliphatic carbocycles. The monoisotopic (exact) mass is 614 g/mol. The van der Waals surface area contributed by atoms with Gasteiger partial charge in [0.15, 0.2) is 0 Å². The lowest BCUT2D eigenvalue weighted by atomic mass is 9.85. The highest BCUT2D eigenvalue weighted by Crippen LogP contribution is 2.51. The van der Waals surface area contributed by atoms with Gasteiger partial charge in [-0.05, 0) is 70.0 Å². The van der Waals surface area contributed by atoms with Gasteiger partial charge >= 0.3 is 0 Å². The van der Waals surface area contributed by atoms with E-state index in [9.17, 15) is 9.59 Å². The minimum Gasteiger partial charge on any atom is -0.352 e. The van der Waals surface area contributed by atoms with E-state index < -0.39 is 4.87 Å². The van der Waals surface area contributed by atoms with Crippen molar-refractivity contribution >= 4 is 51.7 Å². The minimum absolute atomic E-state index is 0.0311. The molecule has 44 heavy (non-hydrogen) atoms. The summed E-state index contributed by atoms with van der Waals surface area (Å²) in [5.74, 6) is 0.527. The number of alkyl halides is 1. The van der Waals surface area contributed by atoms with Gasteiger partial charge in [-0.25, -0.2) is 15.0 Å². The van der Waals surface area contributed by atoms with Gasteiger partial charge in [-0.3, -0.25) is 9.59 Å². The number of rotatable bonds is 9. The Hall–Kier alpha value is -4.02. The summed E-state index contributed by atoms with van der Waals surface area (Å²) in [7, 11) is 5.91. The molecule has 3 unspecified atom stereocenters. The molecule has 2 fully saturated rings. The number of halogens is 1. The number of nitrogens with zero attached hydrogens (tertiary/aromatic N) is 5. The van der Waals surface area contributed by atoms with E-state index in [1.54, 1.807) is 18.2 Å². The smallest absolute Gasteiger partial charge is 0.269 e. The van der Waals surface area contributed by atoms with E-state index in [-0.39, 0.29) is 23.9 Å². The third kappa shape index (κ3) is 6.56. The van der Waals surface area contributed by atoms with Gasteiger partial charge in [0.05, 0.1) is 23.6 Å². The number of carbonyl (C=O) groups is 2. The Morgan fingerprint density at radius 2 is 2.05 bits per heavy atom. The molecule has 1 aliphatic heterocycles. The Morgan fingerprint density at radius 1 is 1.18 bits per heavy atom. The van der Waals surface area contributed by atoms with E-state index in [4.69, 9.17) is 21.6 Å². The van der Waals surface area contributed by atoms with Crippen molar-refractivity contribution in [3.8, 4) is 0 Å². The molecule has 3 aliphatic rings. The molecule has 2 aromatic heterocycles. The maximum absolute atomic E-state index is 12.8. The number of hydrogen-bond donors (Lipinski definition) is 3. The van der Waals surface area contributed by atoms with Crippen molar-refractivity contribution in [3.05, 3.63) is 72.2 Å². The van der Waals surface area contributed by atoms with Crippen LogP contribution in [-0.2, 0) is 11.8 Å². The second kappa shape index (κ2) is 12.5. The third-order valence-electron chi connectivity index (χ3n) is 8.60. The highest BCUT2D eigenvalue weighted by molar-refractivity contribution is 6.45. The van der Waals surface area contributed by atoms with E-state index in [2.05, 4.69) is 56.0 Å². The number of nitrogens with one attached hydrogen (secondary N) is 3. The molecule has 4 atom stereocenters. The van der Waals surface area contributed by atoms with Crippen LogP contribution in [0.3, 0.4) is 0 Å². The number of pyridine rings is 1. The maximum atomic E-state index is 12.8. The Morgan fingerprint density at radius 3 is 2.84 bits per heavy atom. The number of amides is 2. The predicted octanol–water partition coefficient (Wildman–Crippen LogP) is 4.12. The Bertz CT molecular complexity index is 1640. The van der Waals surface area contributed by atoms with E-state index in [1.807, 2.05) is 26.0 Å². The van der Waals surface area contributed by atoms with Gasteiger partial charge < -0.3 is 25.4 Å². The van der Waals surface area contributed by atoms with Crippen LogP contribution in [0.25, 0.3) is 10.9 Å². The number of benzene rings is 1. The van der Waals surface area contributed by atoms with Crippen LogP contribution in [0.15, 0.2) is 70.9 Å². The lowest BCUT2D eigenvalue weighted by molar-refractivity contribution is -0.111. The summed E-state index contributed by atoms with van der Waals surface area (Å²) < 4.78 is 2.11. The van der Waals surface area contributed by atoms with Crippen molar-refractivity contribution in [1.82, 2.24) is 25.1 Å². The maximum Gasteiger partial charge on any atom is 0.269 e. The van der Waals surface area contributed by atoms with Crippen molar-refractivity contribution in [3.63, 3.8) is 0 Å². The van der Waals surface area contributed by atoms with Crippen LogP contribution >= 0.6 is 11.6 Å². The van der Waals surface area contributed by atoms with Gasteiger partial charge in [-0.2, -0.15) is 0 Å². The fourth-order valence-corrected chi connectivity index (χ4v) is 6.48. The number of likely N-dealkylation sites (N-methyl/N-ethyl adjacent to an activating group) is 1. The number of fused-ring (bicyclic) bond motifs is 2. The van der Waals surface area contributed by atoms with Crippen molar-refractivity contribution in [2.24, 2.45) is 23.0 Å². The molecule has 11 heteroatoms. The summed E-state index contributed by atoms with van der Waals surface area (Å²) in [6.07, 6.45) is 11.7. The zero-order chi connectivity index (χ0) is 30.8. The van der Waals surface area contributed by atoms with E-state index >= 15 is 0 Å². The molecular weight excluding hydrogens is 576 g/mol. The SMILES string of the molecule is CN(C)C/C=C/C(=O)Nc1ccc(C(=O)NCC2CCC[C@@H](NC3=NC4CC4(Cl)C(c4cccc5c4ccn5C)=N3)C2)nc1. The molecule has 3 aromatic rings. The van der Waals surface area contributed by atoms with Crippen LogP contribution in [0.4, 0.5) is 5.69 Å². The average molecular weight is 615 g/mol. The minimum atomic E-state index is -0.532. The topological polar surface area (TPSA) is 116 Å². The second-order valence-corrected chi connectivity index (χ2v) is 13.0. The molecule has 10 nitrogen and oxygen atoms in total. The summed E-state index contributed by atoms with van der Waals surface area (Å²) >= 11 is 7.02. The summed E-state index contributed by atoms with van der Waals surface area (Å²) in [4.78, 5) is 40.4. The Balaban J connectivity index is 1.03. The largest absolute Gasteiger partial charge is 0.352 e. The first-order valence-corrected chi connectivity index (χ1v) is 15.6. The van der Waals surface area contributed by atoms with Gasteiger partial charge in [-0.1, -0.05) is 24.6 Å². The summed E-state index contributed by atoms with van der Waals surface area (Å²) in [6, 6.07) is 12.0. The summed E-state index contributed by atoms with van der Waals surface area (Å²) in [5, 5.41) is 10.6. The molecule has 0 radical (unpaired) electrons. The molecule has 0 saturated heterocycles. The van der Waals surface area contributed by atoms with Crippen LogP contribution < -0.4 is 16.0 Å². The molecule has 0 spiro atoms. The highest BCUT2D eigenvalue weighted by Gasteiger charge is 2.60. The normalized spacial score (nSPS) is 24.5. The first kappa shape index (κ1) is 30.0. The number of aryl methyl sites for hydroxylation is 1. The summed E-state index contributed by atoms with van der Waals surface area (Å²) in [5.41, 5.74) is 3.98.